The van der Waals surface area contributed by atoms with Gasteiger partial charge in [0.25, 0.3) is 11.8 Å². The van der Waals surface area contributed by atoms with Crippen LogP contribution in [0.5, 0.6) is 0 Å². The fourth-order valence-electron chi connectivity index (χ4n) is 3.71. The van der Waals surface area contributed by atoms with E-state index in [9.17, 15) is 19.0 Å². The highest BCUT2D eigenvalue weighted by atomic mass is 32.2. The second kappa shape index (κ2) is 9.47. The number of aromatic nitrogens is 1. The SMILES string of the molecule is O=C1Nc2ccc(S(=O)N([O-])c3ccc(C(=O)N4CCOCC4)cc3)cc2/C1=C\c1nccs1. The van der Waals surface area contributed by atoms with Gasteiger partial charge in [-0.25, -0.2) is 9.19 Å². The van der Waals surface area contributed by atoms with Crippen molar-refractivity contribution in [1.82, 2.24) is 9.88 Å². The topological polar surface area (TPSA) is 115 Å². The van der Waals surface area contributed by atoms with Crippen molar-refractivity contribution in [2.45, 2.75) is 4.90 Å². The molecule has 11 heteroatoms. The van der Waals surface area contributed by atoms with Crippen molar-refractivity contribution >= 4 is 57.2 Å². The van der Waals surface area contributed by atoms with Crippen LogP contribution in [0.4, 0.5) is 11.4 Å². The van der Waals surface area contributed by atoms with Crippen molar-refractivity contribution in [2.75, 3.05) is 36.1 Å². The molecule has 0 bridgehead atoms. The number of anilines is 2. The summed E-state index contributed by atoms with van der Waals surface area (Å²) in [7, 11) is -2.07. The highest BCUT2D eigenvalue weighted by Gasteiger charge is 2.26. The van der Waals surface area contributed by atoms with Crippen LogP contribution >= 0.6 is 11.3 Å². The quantitative estimate of drug-likeness (QED) is 0.430. The molecule has 9 nitrogen and oxygen atoms in total. The molecule has 0 saturated carbocycles. The van der Waals surface area contributed by atoms with Crippen LogP contribution in [0, 0.1) is 5.21 Å². The first-order chi connectivity index (χ1) is 16.5. The Hall–Kier alpha value is -3.38. The van der Waals surface area contributed by atoms with Gasteiger partial charge < -0.3 is 24.6 Å². The molecule has 0 radical (unpaired) electrons. The molecule has 3 aromatic rings. The van der Waals surface area contributed by atoms with Crippen LogP contribution in [-0.4, -0.2) is 52.2 Å². The summed E-state index contributed by atoms with van der Waals surface area (Å²) in [6, 6.07) is 10.8. The van der Waals surface area contributed by atoms with E-state index in [1.54, 1.807) is 52.9 Å². The van der Waals surface area contributed by atoms with Crippen molar-refractivity contribution < 1.29 is 18.5 Å². The minimum absolute atomic E-state index is 0.135. The van der Waals surface area contributed by atoms with E-state index in [0.717, 1.165) is 0 Å². The molecule has 5 rings (SSSR count). The normalized spacial score (nSPS) is 17.4. The van der Waals surface area contributed by atoms with Crippen LogP contribution < -0.4 is 9.79 Å². The number of fused-ring (bicyclic) bond motifs is 1. The molecule has 2 amide bonds. The number of carbonyl (C=O) groups is 2. The number of morpholine rings is 1. The van der Waals surface area contributed by atoms with Crippen LogP contribution in [0.3, 0.4) is 0 Å². The first-order valence-corrected chi connectivity index (χ1v) is 12.4. The van der Waals surface area contributed by atoms with E-state index < -0.39 is 11.0 Å². The van der Waals surface area contributed by atoms with E-state index >= 15 is 0 Å². The zero-order valence-electron chi connectivity index (χ0n) is 17.8. The number of amides is 2. The summed E-state index contributed by atoms with van der Waals surface area (Å²) >= 11 is 1.39. The third-order valence-electron chi connectivity index (χ3n) is 5.47. The molecule has 1 saturated heterocycles. The van der Waals surface area contributed by atoms with Crippen molar-refractivity contribution in [3.8, 4) is 0 Å². The van der Waals surface area contributed by atoms with Gasteiger partial charge in [-0.3, -0.25) is 9.59 Å². The van der Waals surface area contributed by atoms with Gasteiger partial charge in [-0.05, 0) is 48.5 Å². The highest BCUT2D eigenvalue weighted by molar-refractivity contribution is 7.86. The lowest BCUT2D eigenvalue weighted by molar-refractivity contribution is -0.110. The fraction of sp³-hybridized carbons (Fsp3) is 0.174. The number of rotatable bonds is 5. The van der Waals surface area contributed by atoms with Gasteiger partial charge in [0, 0.05) is 47.2 Å². The Labute approximate surface area is 201 Å². The van der Waals surface area contributed by atoms with Crippen LogP contribution in [0.2, 0.25) is 0 Å². The number of nitrogens with one attached hydrogen (secondary N) is 1. The lowest BCUT2D eigenvalue weighted by atomic mass is 10.1. The third kappa shape index (κ3) is 4.38. The second-order valence-corrected chi connectivity index (χ2v) is 9.78. The molecule has 174 valence electrons. The van der Waals surface area contributed by atoms with Gasteiger partial charge in [-0.15, -0.1) is 11.3 Å². The third-order valence-corrected chi connectivity index (χ3v) is 7.36. The van der Waals surface area contributed by atoms with Crippen molar-refractivity contribution in [3.05, 3.63) is 75.4 Å². The van der Waals surface area contributed by atoms with Crippen molar-refractivity contribution in [1.29, 1.82) is 0 Å². The Kier molecular flexibility index (Phi) is 6.24. The fourth-order valence-corrected chi connectivity index (χ4v) is 5.19. The number of benzene rings is 2. The average molecular weight is 496 g/mol. The lowest BCUT2D eigenvalue weighted by Gasteiger charge is -2.29. The molecular formula is C23H19N4O5S2-. The molecule has 1 unspecified atom stereocenters. The van der Waals surface area contributed by atoms with Gasteiger partial charge in [-0.1, -0.05) is 0 Å². The van der Waals surface area contributed by atoms with Crippen LogP contribution in [0.15, 0.2) is 58.9 Å². The minimum atomic E-state index is -2.07. The van der Waals surface area contributed by atoms with Crippen LogP contribution in [0.1, 0.15) is 20.9 Å². The predicted molar refractivity (Wildman–Crippen MR) is 130 cm³/mol. The Bertz CT molecular complexity index is 1290. The number of nitrogens with zero attached hydrogens (tertiary/aromatic N) is 3. The van der Waals surface area contributed by atoms with Crippen molar-refractivity contribution in [2.24, 2.45) is 0 Å². The minimum Gasteiger partial charge on any atom is -0.746 e. The summed E-state index contributed by atoms with van der Waals surface area (Å²) in [5, 5.41) is 18.1. The summed E-state index contributed by atoms with van der Waals surface area (Å²) in [5.41, 5.74) is 2.14. The second-order valence-electron chi connectivity index (χ2n) is 7.55. The van der Waals surface area contributed by atoms with Gasteiger partial charge in [0.1, 0.15) is 16.0 Å². The molecule has 1 atom stereocenters. The van der Waals surface area contributed by atoms with Gasteiger partial charge >= 0.3 is 0 Å². The molecular weight excluding hydrogens is 476 g/mol. The molecule has 0 aliphatic carbocycles. The summed E-state index contributed by atoms with van der Waals surface area (Å²) in [6.07, 6.45) is 3.31. The maximum Gasteiger partial charge on any atom is 0.256 e. The van der Waals surface area contributed by atoms with Gasteiger partial charge in [0.05, 0.1) is 23.7 Å². The molecule has 2 aliphatic heterocycles. The van der Waals surface area contributed by atoms with E-state index in [1.807, 2.05) is 0 Å². The van der Waals surface area contributed by atoms with Gasteiger partial charge in [0.2, 0.25) is 0 Å². The number of thiazole rings is 1. The van der Waals surface area contributed by atoms with E-state index in [0.29, 0.717) is 58.2 Å². The van der Waals surface area contributed by atoms with Gasteiger partial charge in [-0.2, -0.15) is 0 Å². The Morgan fingerprint density at radius 3 is 2.68 bits per heavy atom. The summed E-state index contributed by atoms with van der Waals surface area (Å²) in [6.45, 7) is 2.04. The van der Waals surface area contributed by atoms with Crippen LogP contribution in [-0.2, 0) is 20.5 Å². The summed E-state index contributed by atoms with van der Waals surface area (Å²) < 4.78 is 18.7. The van der Waals surface area contributed by atoms with E-state index in [4.69, 9.17) is 4.74 Å². The van der Waals surface area contributed by atoms with E-state index in [-0.39, 0.29) is 22.4 Å². The Morgan fingerprint density at radius 2 is 1.97 bits per heavy atom. The van der Waals surface area contributed by atoms with E-state index in [2.05, 4.69) is 10.3 Å². The summed E-state index contributed by atoms with van der Waals surface area (Å²) in [4.78, 5) is 31.1. The molecule has 1 fully saturated rings. The Morgan fingerprint density at radius 1 is 1.21 bits per heavy atom. The lowest BCUT2D eigenvalue weighted by Crippen LogP contribution is -2.40. The predicted octanol–water partition coefficient (Wildman–Crippen LogP) is 3.14. The van der Waals surface area contributed by atoms with E-state index in [1.165, 1.54) is 23.5 Å². The zero-order valence-corrected chi connectivity index (χ0v) is 19.4. The number of carbonyl (C=O) groups excluding carboxylic acids is 2. The zero-order chi connectivity index (χ0) is 23.7. The maximum absolute atomic E-state index is 13.0. The molecule has 0 spiro atoms. The van der Waals surface area contributed by atoms with Gasteiger partial charge in [0.15, 0.2) is 0 Å². The molecule has 2 aromatic carbocycles. The largest absolute Gasteiger partial charge is 0.746 e. The van der Waals surface area contributed by atoms with Crippen molar-refractivity contribution in [3.63, 3.8) is 0 Å². The first kappa shape index (κ1) is 22.4. The highest BCUT2D eigenvalue weighted by Crippen LogP contribution is 2.35. The van der Waals surface area contributed by atoms with Crippen LogP contribution in [0.25, 0.3) is 11.6 Å². The summed E-state index contributed by atoms with van der Waals surface area (Å²) in [5.74, 6) is -0.420. The molecule has 1 aromatic heterocycles. The molecule has 34 heavy (non-hydrogen) atoms. The monoisotopic (exact) mass is 495 g/mol. The first-order valence-electron chi connectivity index (χ1n) is 10.4. The smallest absolute Gasteiger partial charge is 0.256 e. The average Bonchev–Trinajstić information content (AvgIpc) is 3.51. The standard InChI is InChI=1S/C23H19N4O5S2/c28-22-19(14-21-24-7-12-33-21)18-13-17(5-6-20(18)25-22)34(31)27(30)16-3-1-15(2-4-16)23(29)26-8-10-32-11-9-26/h1-7,12-14H,8-11H2,(H,25,28)/q-1/b19-14+. The molecule has 3 heterocycles. The molecule has 1 N–H and O–H groups in total. The molecule has 2 aliphatic rings. The number of ether oxygens (including phenoxy) is 1. The number of hydrogen-bond donors (Lipinski definition) is 1. The Balaban J connectivity index is 1.35. The number of hydrogen-bond acceptors (Lipinski definition) is 7. The maximum atomic E-state index is 13.0.